The lowest BCUT2D eigenvalue weighted by molar-refractivity contribution is -0.402. The van der Waals surface area contributed by atoms with Crippen LogP contribution in [0.5, 0.6) is 0 Å². The van der Waals surface area contributed by atoms with E-state index in [1.807, 2.05) is 41.5 Å². The van der Waals surface area contributed by atoms with Crippen LogP contribution in [0, 0.1) is 0 Å². The zero-order valence-corrected chi connectivity index (χ0v) is 11.2. The van der Waals surface area contributed by atoms with Gasteiger partial charge in [-0.1, -0.05) is 6.08 Å². The molecule has 4 nitrogen and oxygen atoms in total. The van der Waals surface area contributed by atoms with Gasteiger partial charge in [-0.15, -0.1) is 6.58 Å². The molecule has 0 aromatic rings. The molecule has 0 bridgehead atoms. The first-order valence-electron chi connectivity index (χ1n) is 5.42. The minimum absolute atomic E-state index is 0.247. The lowest BCUT2D eigenvalue weighted by Gasteiger charge is -2.22. The van der Waals surface area contributed by atoms with E-state index in [-0.39, 0.29) is 23.9 Å². The van der Waals surface area contributed by atoms with E-state index in [9.17, 15) is 0 Å². The van der Waals surface area contributed by atoms with Crippen molar-refractivity contribution in [3.05, 3.63) is 12.7 Å². The van der Waals surface area contributed by atoms with E-state index in [1.54, 1.807) is 6.08 Å². The minimum Gasteiger partial charge on any atom is -0.233 e. The van der Waals surface area contributed by atoms with Crippen LogP contribution in [0.2, 0.25) is 0 Å². The molecule has 0 heterocycles. The molecule has 0 saturated heterocycles. The van der Waals surface area contributed by atoms with Crippen molar-refractivity contribution in [2.75, 3.05) is 6.61 Å². The third-order valence-electron chi connectivity index (χ3n) is 1.23. The van der Waals surface area contributed by atoms with Gasteiger partial charge in [0.1, 0.15) is 12.7 Å². The van der Waals surface area contributed by atoms with Gasteiger partial charge >= 0.3 is 0 Å². The Kier molecular flexibility index (Phi) is 6.18. The van der Waals surface area contributed by atoms with Crippen molar-refractivity contribution in [3.63, 3.8) is 0 Å². The zero-order valence-electron chi connectivity index (χ0n) is 11.2. The molecular weight excluding hydrogens is 208 g/mol. The first kappa shape index (κ1) is 15.6. The van der Waals surface area contributed by atoms with E-state index >= 15 is 0 Å². The van der Waals surface area contributed by atoms with Crippen molar-refractivity contribution in [3.8, 4) is 0 Å². The lowest BCUT2D eigenvalue weighted by atomic mass is 10.2. The highest BCUT2D eigenvalue weighted by Gasteiger charge is 2.17. The molecule has 0 radical (unpaired) electrons. The fourth-order valence-electron chi connectivity index (χ4n) is 0.619. The summed E-state index contributed by atoms with van der Waals surface area (Å²) in [5.41, 5.74) is -0.692. The van der Waals surface area contributed by atoms with Crippen molar-refractivity contribution in [2.24, 2.45) is 0 Å². The molecule has 0 aromatic heterocycles. The van der Waals surface area contributed by atoms with Gasteiger partial charge < -0.3 is 0 Å². The highest BCUT2D eigenvalue weighted by atomic mass is 17.2. The largest absolute Gasteiger partial charge is 0.233 e. The Labute approximate surface area is 98.4 Å². The standard InChI is InChI=1S/C12H24O4/c1-8-10(14-16-12(5,6)7)9-13-15-11(2,3)4/h8,10H,1,9H2,2-7H3. The van der Waals surface area contributed by atoms with E-state index in [1.165, 1.54) is 0 Å². The third-order valence-corrected chi connectivity index (χ3v) is 1.23. The molecule has 0 fully saturated rings. The molecule has 0 aliphatic heterocycles. The fraction of sp³-hybridized carbons (Fsp3) is 0.833. The summed E-state index contributed by atoms with van der Waals surface area (Å²) in [6, 6.07) is 0. The molecule has 0 aliphatic carbocycles. The maximum Gasteiger partial charge on any atom is 0.137 e. The highest BCUT2D eigenvalue weighted by molar-refractivity contribution is 4.78. The third kappa shape index (κ3) is 10.1. The average molecular weight is 232 g/mol. The number of hydrogen-bond acceptors (Lipinski definition) is 4. The Morgan fingerprint density at radius 2 is 1.50 bits per heavy atom. The molecule has 0 amide bonds. The molecule has 96 valence electrons. The molecular formula is C12H24O4. The Bertz CT molecular complexity index is 200. The van der Waals surface area contributed by atoms with Crippen LogP contribution in [0.3, 0.4) is 0 Å². The molecule has 0 spiro atoms. The van der Waals surface area contributed by atoms with E-state index < -0.39 is 0 Å². The molecule has 0 saturated carbocycles. The SMILES string of the molecule is C=CC(COOC(C)(C)C)OOC(C)(C)C. The van der Waals surface area contributed by atoms with Crippen LogP contribution in [-0.4, -0.2) is 23.9 Å². The molecule has 0 aromatic carbocycles. The summed E-state index contributed by atoms with van der Waals surface area (Å²) in [6.07, 6.45) is 1.26. The maximum absolute atomic E-state index is 5.16. The summed E-state index contributed by atoms with van der Waals surface area (Å²) in [4.78, 5) is 20.5. The van der Waals surface area contributed by atoms with Gasteiger partial charge in [-0.25, -0.2) is 19.6 Å². The molecule has 1 unspecified atom stereocenters. The summed E-state index contributed by atoms with van der Waals surface area (Å²) >= 11 is 0. The summed E-state index contributed by atoms with van der Waals surface area (Å²) < 4.78 is 0. The second kappa shape index (κ2) is 6.35. The second-order valence-electron chi connectivity index (χ2n) is 5.55. The monoisotopic (exact) mass is 232 g/mol. The average Bonchev–Trinajstić information content (AvgIpc) is 2.07. The first-order valence-corrected chi connectivity index (χ1v) is 5.42. The van der Waals surface area contributed by atoms with Gasteiger partial charge in [-0.3, -0.25) is 0 Å². The topological polar surface area (TPSA) is 36.9 Å². The summed E-state index contributed by atoms with van der Waals surface area (Å²) in [7, 11) is 0. The maximum atomic E-state index is 5.16. The van der Waals surface area contributed by atoms with Crippen molar-refractivity contribution in [1.82, 2.24) is 0 Å². The Hall–Kier alpha value is -0.420. The Morgan fingerprint density at radius 1 is 1.00 bits per heavy atom. The fourth-order valence-corrected chi connectivity index (χ4v) is 0.619. The molecule has 0 rings (SSSR count). The van der Waals surface area contributed by atoms with Gasteiger partial charge in [0.05, 0.1) is 11.2 Å². The zero-order chi connectivity index (χ0) is 12.8. The van der Waals surface area contributed by atoms with Crippen molar-refractivity contribution >= 4 is 0 Å². The lowest BCUT2D eigenvalue weighted by Crippen LogP contribution is -2.28. The van der Waals surface area contributed by atoms with Crippen LogP contribution in [0.15, 0.2) is 12.7 Å². The van der Waals surface area contributed by atoms with Gasteiger partial charge in [-0.2, -0.15) is 0 Å². The van der Waals surface area contributed by atoms with Crippen molar-refractivity contribution in [2.45, 2.75) is 58.8 Å². The van der Waals surface area contributed by atoms with Crippen LogP contribution in [0.4, 0.5) is 0 Å². The summed E-state index contributed by atoms with van der Waals surface area (Å²) in [5.74, 6) is 0. The molecule has 0 N–H and O–H groups in total. The first-order chi connectivity index (χ1) is 7.14. The molecule has 1 atom stereocenters. The number of rotatable bonds is 6. The van der Waals surface area contributed by atoms with Crippen LogP contribution >= 0.6 is 0 Å². The Balaban J connectivity index is 3.81. The van der Waals surface area contributed by atoms with E-state index in [0.717, 1.165) is 0 Å². The van der Waals surface area contributed by atoms with Gasteiger partial charge in [-0.05, 0) is 41.5 Å². The molecule has 4 heteroatoms. The summed E-state index contributed by atoms with van der Waals surface area (Å²) in [6.45, 7) is 15.3. The Morgan fingerprint density at radius 3 is 1.88 bits per heavy atom. The minimum atomic E-state index is -0.355. The van der Waals surface area contributed by atoms with E-state index in [0.29, 0.717) is 0 Å². The van der Waals surface area contributed by atoms with Crippen LogP contribution in [0.1, 0.15) is 41.5 Å². The van der Waals surface area contributed by atoms with E-state index in [4.69, 9.17) is 19.6 Å². The predicted octanol–water partition coefficient (Wildman–Crippen LogP) is 3.03. The number of hydrogen-bond donors (Lipinski definition) is 0. The van der Waals surface area contributed by atoms with Gasteiger partial charge in [0.15, 0.2) is 0 Å². The van der Waals surface area contributed by atoms with Crippen LogP contribution < -0.4 is 0 Å². The normalized spacial score (nSPS) is 14.9. The summed E-state index contributed by atoms with van der Waals surface area (Å²) in [5, 5.41) is 0. The van der Waals surface area contributed by atoms with Crippen molar-refractivity contribution in [1.29, 1.82) is 0 Å². The van der Waals surface area contributed by atoms with Gasteiger partial charge in [0.25, 0.3) is 0 Å². The molecule has 16 heavy (non-hydrogen) atoms. The highest BCUT2D eigenvalue weighted by Crippen LogP contribution is 2.11. The van der Waals surface area contributed by atoms with E-state index in [2.05, 4.69) is 6.58 Å². The van der Waals surface area contributed by atoms with Gasteiger partial charge in [0.2, 0.25) is 0 Å². The second-order valence-corrected chi connectivity index (χ2v) is 5.55. The smallest absolute Gasteiger partial charge is 0.137 e. The van der Waals surface area contributed by atoms with Gasteiger partial charge in [0, 0.05) is 0 Å². The predicted molar refractivity (Wildman–Crippen MR) is 62.7 cm³/mol. The van der Waals surface area contributed by atoms with Crippen LogP contribution in [0.25, 0.3) is 0 Å². The van der Waals surface area contributed by atoms with Crippen molar-refractivity contribution < 1.29 is 19.6 Å². The molecule has 0 aliphatic rings. The quantitative estimate of drug-likeness (QED) is 0.401. The van der Waals surface area contributed by atoms with Crippen LogP contribution in [-0.2, 0) is 19.6 Å².